The maximum atomic E-state index is 13.9. The van der Waals surface area contributed by atoms with E-state index in [1.165, 1.54) is 12.1 Å². The van der Waals surface area contributed by atoms with E-state index in [1.54, 1.807) is 19.4 Å². The van der Waals surface area contributed by atoms with Gasteiger partial charge in [-0.15, -0.1) is 0 Å². The zero-order valence-corrected chi connectivity index (χ0v) is 18.9. The SMILES string of the molecule is CCNc1ncc(Cl)c(-c2cc3n(c2)C[C@H](COC)N(Cc2cc(F)ccc2CO)C3)n1. The number of hydrogen-bond acceptors (Lipinski definition) is 6. The smallest absolute Gasteiger partial charge is 0.223 e. The summed E-state index contributed by atoms with van der Waals surface area (Å²) in [5.74, 6) is 0.232. The summed E-state index contributed by atoms with van der Waals surface area (Å²) < 4.78 is 21.5. The molecule has 0 aliphatic carbocycles. The molecule has 32 heavy (non-hydrogen) atoms. The summed E-state index contributed by atoms with van der Waals surface area (Å²) in [6.07, 6.45) is 3.67. The molecule has 170 valence electrons. The molecule has 2 N–H and O–H groups in total. The Labute approximate surface area is 191 Å². The lowest BCUT2D eigenvalue weighted by Crippen LogP contribution is -2.44. The third kappa shape index (κ3) is 4.78. The van der Waals surface area contributed by atoms with E-state index in [2.05, 4.69) is 37.0 Å². The first-order chi connectivity index (χ1) is 15.5. The fourth-order valence-corrected chi connectivity index (χ4v) is 4.33. The van der Waals surface area contributed by atoms with Crippen LogP contribution in [0.3, 0.4) is 0 Å². The van der Waals surface area contributed by atoms with Gasteiger partial charge in [-0.3, -0.25) is 4.90 Å². The minimum absolute atomic E-state index is 0.0979. The second kappa shape index (κ2) is 9.95. The summed E-state index contributed by atoms with van der Waals surface area (Å²) in [5, 5.41) is 13.3. The van der Waals surface area contributed by atoms with Crippen LogP contribution in [0, 0.1) is 5.82 Å². The van der Waals surface area contributed by atoms with Crippen LogP contribution in [-0.2, 0) is 31.0 Å². The Balaban J connectivity index is 1.64. The molecule has 1 aliphatic rings. The topological polar surface area (TPSA) is 75.4 Å². The van der Waals surface area contributed by atoms with Crippen LogP contribution in [0.4, 0.5) is 10.3 Å². The molecule has 4 rings (SSSR count). The van der Waals surface area contributed by atoms with Crippen molar-refractivity contribution in [1.82, 2.24) is 19.4 Å². The van der Waals surface area contributed by atoms with E-state index in [0.29, 0.717) is 36.4 Å². The van der Waals surface area contributed by atoms with Crippen LogP contribution >= 0.6 is 11.6 Å². The highest BCUT2D eigenvalue weighted by molar-refractivity contribution is 6.32. The second-order valence-corrected chi connectivity index (χ2v) is 8.29. The van der Waals surface area contributed by atoms with Gasteiger partial charge in [-0.2, -0.15) is 0 Å². The first-order valence-corrected chi connectivity index (χ1v) is 11.0. The van der Waals surface area contributed by atoms with E-state index >= 15 is 0 Å². The molecule has 7 nitrogen and oxygen atoms in total. The molecule has 0 saturated heterocycles. The summed E-state index contributed by atoms with van der Waals surface area (Å²) in [6, 6.07) is 6.69. The number of ether oxygens (including phenoxy) is 1. The number of aromatic nitrogens is 3. The minimum atomic E-state index is -0.307. The number of halogens is 2. The Hall–Kier alpha value is -2.52. The largest absolute Gasteiger partial charge is 0.392 e. The third-order valence-corrected chi connectivity index (χ3v) is 5.98. The average molecular weight is 460 g/mol. The number of fused-ring (bicyclic) bond motifs is 1. The van der Waals surface area contributed by atoms with E-state index in [0.717, 1.165) is 35.5 Å². The highest BCUT2D eigenvalue weighted by atomic mass is 35.5. The molecule has 3 heterocycles. The molecule has 1 aliphatic heterocycles. The van der Waals surface area contributed by atoms with Gasteiger partial charge in [-0.1, -0.05) is 17.7 Å². The fraction of sp³-hybridized carbons (Fsp3) is 0.391. The highest BCUT2D eigenvalue weighted by Crippen LogP contribution is 2.31. The molecule has 0 amide bonds. The van der Waals surface area contributed by atoms with Crippen molar-refractivity contribution >= 4 is 17.5 Å². The van der Waals surface area contributed by atoms with Crippen LogP contribution < -0.4 is 5.32 Å². The van der Waals surface area contributed by atoms with Crippen molar-refractivity contribution in [1.29, 1.82) is 0 Å². The molecule has 1 aromatic carbocycles. The molecule has 2 aromatic heterocycles. The predicted octanol–water partition coefficient (Wildman–Crippen LogP) is 3.69. The Morgan fingerprint density at radius 2 is 2.16 bits per heavy atom. The van der Waals surface area contributed by atoms with Gasteiger partial charge in [0, 0.05) is 50.7 Å². The van der Waals surface area contributed by atoms with Crippen LogP contribution in [0.2, 0.25) is 5.02 Å². The van der Waals surface area contributed by atoms with E-state index in [4.69, 9.17) is 16.3 Å². The van der Waals surface area contributed by atoms with Gasteiger partial charge in [-0.25, -0.2) is 14.4 Å². The summed E-state index contributed by atoms with van der Waals surface area (Å²) in [7, 11) is 1.68. The third-order valence-electron chi connectivity index (χ3n) is 5.70. The highest BCUT2D eigenvalue weighted by Gasteiger charge is 2.28. The second-order valence-electron chi connectivity index (χ2n) is 7.88. The number of methoxy groups -OCH3 is 1. The van der Waals surface area contributed by atoms with Gasteiger partial charge in [0.25, 0.3) is 0 Å². The van der Waals surface area contributed by atoms with Gasteiger partial charge in [-0.05, 0) is 36.2 Å². The zero-order valence-electron chi connectivity index (χ0n) is 18.2. The van der Waals surface area contributed by atoms with Crippen LogP contribution in [0.5, 0.6) is 0 Å². The Bertz CT molecular complexity index is 1090. The van der Waals surface area contributed by atoms with Crippen molar-refractivity contribution in [2.45, 2.75) is 39.2 Å². The molecule has 9 heteroatoms. The van der Waals surface area contributed by atoms with Gasteiger partial charge in [0.05, 0.1) is 36.2 Å². The standard InChI is InChI=1S/C23H27ClFN5O2/c1-3-26-23-27-8-21(24)22(28-23)17-7-19-11-30(20(14-32-2)12-29(19)10-17)9-16-6-18(25)5-4-15(16)13-31/h4-8,10,20,31H,3,9,11-14H2,1-2H3,(H,26,27,28)/t20-/m1/s1. The fourth-order valence-electron chi connectivity index (χ4n) is 4.13. The minimum Gasteiger partial charge on any atom is -0.392 e. The summed E-state index contributed by atoms with van der Waals surface area (Å²) >= 11 is 6.41. The maximum Gasteiger partial charge on any atom is 0.223 e. The molecule has 1 atom stereocenters. The van der Waals surface area contributed by atoms with Crippen LogP contribution in [-0.4, -0.2) is 50.8 Å². The number of aliphatic hydroxyl groups excluding tert-OH is 1. The lowest BCUT2D eigenvalue weighted by atomic mass is 10.1. The van der Waals surface area contributed by atoms with E-state index < -0.39 is 0 Å². The van der Waals surface area contributed by atoms with E-state index in [-0.39, 0.29) is 18.5 Å². The van der Waals surface area contributed by atoms with Crippen LogP contribution in [0.1, 0.15) is 23.7 Å². The number of benzene rings is 1. The van der Waals surface area contributed by atoms with Crippen LogP contribution in [0.15, 0.2) is 36.7 Å². The molecule has 0 radical (unpaired) electrons. The number of anilines is 1. The summed E-state index contributed by atoms with van der Waals surface area (Å²) in [4.78, 5) is 11.0. The zero-order chi connectivity index (χ0) is 22.7. The number of hydrogen-bond donors (Lipinski definition) is 2. The molecule has 0 bridgehead atoms. The molecule has 3 aromatic rings. The van der Waals surface area contributed by atoms with Crippen molar-refractivity contribution in [2.75, 3.05) is 25.6 Å². The van der Waals surface area contributed by atoms with Crippen LogP contribution in [0.25, 0.3) is 11.3 Å². The van der Waals surface area contributed by atoms with Crippen molar-refractivity contribution in [3.8, 4) is 11.3 Å². The molecule has 0 unspecified atom stereocenters. The van der Waals surface area contributed by atoms with Gasteiger partial charge in [0.1, 0.15) is 5.82 Å². The molecule has 0 fully saturated rings. The molecular weight excluding hydrogens is 433 g/mol. The van der Waals surface area contributed by atoms with Gasteiger partial charge < -0.3 is 19.7 Å². The van der Waals surface area contributed by atoms with Gasteiger partial charge in [0.15, 0.2) is 0 Å². The average Bonchev–Trinajstić information content (AvgIpc) is 3.18. The number of aliphatic hydroxyl groups is 1. The van der Waals surface area contributed by atoms with Crippen molar-refractivity contribution < 1.29 is 14.2 Å². The van der Waals surface area contributed by atoms with Crippen molar-refractivity contribution in [2.24, 2.45) is 0 Å². The number of nitrogens with zero attached hydrogens (tertiary/aromatic N) is 4. The predicted molar refractivity (Wildman–Crippen MR) is 122 cm³/mol. The summed E-state index contributed by atoms with van der Waals surface area (Å²) in [6.45, 7) is 5.00. The first-order valence-electron chi connectivity index (χ1n) is 10.6. The summed E-state index contributed by atoms with van der Waals surface area (Å²) in [5.41, 5.74) is 4.22. The quantitative estimate of drug-likeness (QED) is 0.535. The van der Waals surface area contributed by atoms with Crippen molar-refractivity contribution in [3.05, 3.63) is 64.3 Å². The maximum absolute atomic E-state index is 13.9. The first kappa shape index (κ1) is 22.7. The Kier molecular flexibility index (Phi) is 7.05. The number of nitrogens with one attached hydrogen (secondary N) is 1. The van der Waals surface area contributed by atoms with E-state index in [9.17, 15) is 9.50 Å². The van der Waals surface area contributed by atoms with Crippen molar-refractivity contribution in [3.63, 3.8) is 0 Å². The lowest BCUT2D eigenvalue weighted by molar-refractivity contribution is 0.0536. The number of rotatable bonds is 8. The van der Waals surface area contributed by atoms with E-state index in [1.807, 2.05) is 6.92 Å². The lowest BCUT2D eigenvalue weighted by Gasteiger charge is -2.36. The molecule has 0 spiro atoms. The van der Waals surface area contributed by atoms with Gasteiger partial charge >= 0.3 is 0 Å². The Morgan fingerprint density at radius 3 is 2.91 bits per heavy atom. The normalized spacial score (nSPS) is 16.2. The molecular formula is C23H27ClFN5O2. The van der Waals surface area contributed by atoms with Gasteiger partial charge in [0.2, 0.25) is 5.95 Å². The monoisotopic (exact) mass is 459 g/mol. The molecule has 0 saturated carbocycles. The Morgan fingerprint density at radius 1 is 1.31 bits per heavy atom.